The number of carbonyl (C=O) groups is 3. The van der Waals surface area contributed by atoms with Crippen molar-refractivity contribution in [3.05, 3.63) is 29.9 Å². The number of amides is 3. The van der Waals surface area contributed by atoms with Gasteiger partial charge >= 0.3 is 0 Å². The van der Waals surface area contributed by atoms with Crippen LogP contribution in [0.1, 0.15) is 38.5 Å². The first-order valence-electron chi connectivity index (χ1n) is 9.71. The second-order valence-electron chi connectivity index (χ2n) is 7.40. The van der Waals surface area contributed by atoms with E-state index in [1.165, 1.54) is 18.5 Å². The van der Waals surface area contributed by atoms with E-state index in [2.05, 4.69) is 10.1 Å². The number of hydroxylamine groups is 2. The largest absolute Gasteiger partial charge is 0.427 e. The third-order valence-electron chi connectivity index (χ3n) is 5.35. The quantitative estimate of drug-likeness (QED) is 0.301. The Morgan fingerprint density at radius 3 is 2.79 bits per heavy atom. The molecule has 2 unspecified atom stereocenters. The normalized spacial score (nSPS) is 20.8. The van der Waals surface area contributed by atoms with Gasteiger partial charge in [0.15, 0.2) is 5.49 Å². The Hall–Kier alpha value is -3.01. The highest BCUT2D eigenvalue weighted by atomic mass is 16.5. The zero-order valence-corrected chi connectivity index (χ0v) is 16.0. The molecule has 2 N–H and O–H groups in total. The van der Waals surface area contributed by atoms with Crippen LogP contribution >= 0.6 is 0 Å². The molecule has 1 fully saturated rings. The lowest BCUT2D eigenvalue weighted by Crippen LogP contribution is -2.45. The topological polar surface area (TPSA) is 128 Å². The molecule has 156 valence electrons. The number of pyridine rings is 1. The van der Waals surface area contributed by atoms with Crippen LogP contribution in [-0.4, -0.2) is 62.2 Å². The fourth-order valence-electron chi connectivity index (χ4n) is 3.89. The molecule has 1 saturated carbocycles. The Bertz CT molecular complexity index is 845. The number of carbonyl (C=O) groups excluding carboxylic acids is 3. The number of nitrogens with zero attached hydrogens (tertiary/aromatic N) is 5. The van der Waals surface area contributed by atoms with Crippen molar-refractivity contribution in [3.8, 4) is 0 Å². The van der Waals surface area contributed by atoms with Crippen molar-refractivity contribution in [1.29, 1.82) is 0 Å². The lowest BCUT2D eigenvalue weighted by Gasteiger charge is -2.27. The summed E-state index contributed by atoms with van der Waals surface area (Å²) in [6.45, 7) is -0.155. The number of hydrogen-bond acceptors (Lipinski definition) is 6. The molecule has 0 saturated heterocycles. The van der Waals surface area contributed by atoms with E-state index in [0.29, 0.717) is 17.4 Å². The summed E-state index contributed by atoms with van der Waals surface area (Å²) in [7, 11) is 0. The SMILES string of the molecule is O=CN(O)CC(CC1CCCC1)C(=O)N1N=CCC1C(=O)N=c1ccccn1O. The first-order chi connectivity index (χ1) is 14.0. The highest BCUT2D eigenvalue weighted by Crippen LogP contribution is 2.32. The number of rotatable bonds is 7. The number of hydrazone groups is 1. The molecular formula is C19H25N5O5. The maximum atomic E-state index is 13.1. The van der Waals surface area contributed by atoms with E-state index in [1.54, 1.807) is 12.1 Å². The summed E-state index contributed by atoms with van der Waals surface area (Å²) in [6.07, 6.45) is 8.00. The fourth-order valence-corrected chi connectivity index (χ4v) is 3.89. The molecule has 2 aliphatic rings. The monoisotopic (exact) mass is 403 g/mol. The van der Waals surface area contributed by atoms with Crippen LogP contribution in [0.3, 0.4) is 0 Å². The Morgan fingerprint density at radius 1 is 1.34 bits per heavy atom. The first kappa shape index (κ1) is 20.7. The van der Waals surface area contributed by atoms with Crippen LogP contribution in [0.2, 0.25) is 0 Å². The molecule has 0 aromatic carbocycles. The van der Waals surface area contributed by atoms with Crippen molar-refractivity contribution in [2.24, 2.45) is 21.9 Å². The van der Waals surface area contributed by atoms with Crippen molar-refractivity contribution in [1.82, 2.24) is 14.8 Å². The van der Waals surface area contributed by atoms with E-state index in [1.807, 2.05) is 0 Å². The van der Waals surface area contributed by atoms with Gasteiger partial charge in [0.2, 0.25) is 12.3 Å². The molecule has 2 heterocycles. The van der Waals surface area contributed by atoms with E-state index < -0.39 is 23.8 Å². The molecule has 1 aromatic heterocycles. The van der Waals surface area contributed by atoms with Gasteiger partial charge < -0.3 is 5.21 Å². The smallest absolute Gasteiger partial charge is 0.273 e. The molecule has 0 radical (unpaired) electrons. The second kappa shape index (κ2) is 9.46. The zero-order chi connectivity index (χ0) is 20.8. The van der Waals surface area contributed by atoms with Gasteiger partial charge in [-0.3, -0.25) is 19.6 Å². The van der Waals surface area contributed by atoms with E-state index in [-0.39, 0.29) is 24.9 Å². The summed E-state index contributed by atoms with van der Waals surface area (Å²) in [5, 5.41) is 25.0. The van der Waals surface area contributed by atoms with Crippen molar-refractivity contribution in [2.75, 3.05) is 6.54 Å². The van der Waals surface area contributed by atoms with E-state index in [9.17, 15) is 24.8 Å². The molecule has 10 heteroatoms. The molecule has 1 aliphatic heterocycles. The van der Waals surface area contributed by atoms with Crippen LogP contribution in [0.15, 0.2) is 34.5 Å². The summed E-state index contributed by atoms with van der Waals surface area (Å²) < 4.78 is 0.719. The van der Waals surface area contributed by atoms with Crippen molar-refractivity contribution < 1.29 is 24.8 Å². The molecule has 1 aliphatic carbocycles. The third kappa shape index (κ3) is 5.08. The number of hydrogen-bond donors (Lipinski definition) is 2. The minimum Gasteiger partial charge on any atom is -0.427 e. The summed E-state index contributed by atoms with van der Waals surface area (Å²) in [4.78, 5) is 40.5. The predicted octanol–water partition coefficient (Wildman–Crippen LogP) is 0.784. The minimum atomic E-state index is -0.919. The van der Waals surface area contributed by atoms with Crippen molar-refractivity contribution in [3.63, 3.8) is 0 Å². The standard InChI is InChI=1S/C19H25N5O5/c25-13-22(28)12-15(11-14-5-1-2-6-14)19(27)24-16(8-9-20-24)18(26)21-17-7-3-4-10-23(17)29/h3-4,7,9-10,13-16,28-29H,1-2,5-6,8,11-12H2. The molecular weight excluding hydrogens is 378 g/mol. The van der Waals surface area contributed by atoms with Crippen LogP contribution in [0, 0.1) is 11.8 Å². The first-order valence-corrected chi connectivity index (χ1v) is 9.71. The van der Waals surface area contributed by atoms with E-state index in [4.69, 9.17) is 0 Å². The lowest BCUT2D eigenvalue weighted by molar-refractivity contribution is -0.158. The highest BCUT2D eigenvalue weighted by Gasteiger charge is 2.38. The van der Waals surface area contributed by atoms with Crippen LogP contribution < -0.4 is 5.49 Å². The molecule has 0 spiro atoms. The summed E-state index contributed by atoms with van der Waals surface area (Å²) in [5.41, 5.74) is 0.0433. The predicted molar refractivity (Wildman–Crippen MR) is 101 cm³/mol. The molecule has 3 rings (SSSR count). The van der Waals surface area contributed by atoms with Gasteiger partial charge in [0, 0.05) is 18.8 Å². The fraction of sp³-hybridized carbons (Fsp3) is 0.526. The Labute approximate surface area is 167 Å². The Balaban J connectivity index is 1.77. The van der Waals surface area contributed by atoms with E-state index in [0.717, 1.165) is 35.4 Å². The number of aromatic nitrogens is 1. The Kier molecular flexibility index (Phi) is 6.76. The average Bonchev–Trinajstić information content (AvgIpc) is 3.40. The Morgan fingerprint density at radius 2 is 2.10 bits per heavy atom. The average molecular weight is 403 g/mol. The van der Waals surface area contributed by atoms with Crippen LogP contribution in [-0.2, 0) is 14.4 Å². The van der Waals surface area contributed by atoms with Gasteiger partial charge in [-0.2, -0.15) is 14.8 Å². The molecule has 2 atom stereocenters. The van der Waals surface area contributed by atoms with Gasteiger partial charge in [0.05, 0.1) is 12.5 Å². The maximum absolute atomic E-state index is 13.1. The van der Waals surface area contributed by atoms with Crippen molar-refractivity contribution >= 4 is 24.4 Å². The highest BCUT2D eigenvalue weighted by molar-refractivity contribution is 5.93. The molecule has 29 heavy (non-hydrogen) atoms. The molecule has 3 amide bonds. The summed E-state index contributed by atoms with van der Waals surface area (Å²) >= 11 is 0. The summed E-state index contributed by atoms with van der Waals surface area (Å²) in [5.74, 6) is -1.36. The molecule has 10 nitrogen and oxygen atoms in total. The third-order valence-corrected chi connectivity index (χ3v) is 5.35. The van der Waals surface area contributed by atoms with Gasteiger partial charge in [0.1, 0.15) is 6.04 Å². The zero-order valence-electron chi connectivity index (χ0n) is 16.0. The van der Waals surface area contributed by atoms with Gasteiger partial charge in [-0.25, -0.2) is 10.1 Å². The molecule has 0 bridgehead atoms. The lowest BCUT2D eigenvalue weighted by atomic mass is 9.92. The minimum absolute atomic E-state index is 0.0433. The van der Waals surface area contributed by atoms with E-state index >= 15 is 0 Å². The second-order valence-corrected chi connectivity index (χ2v) is 7.40. The van der Waals surface area contributed by atoms with Crippen molar-refractivity contribution in [2.45, 2.75) is 44.6 Å². The van der Waals surface area contributed by atoms with Gasteiger partial charge in [-0.05, 0) is 24.5 Å². The maximum Gasteiger partial charge on any atom is 0.273 e. The van der Waals surface area contributed by atoms with Gasteiger partial charge in [0.25, 0.3) is 5.91 Å². The van der Waals surface area contributed by atoms with Crippen LogP contribution in [0.4, 0.5) is 0 Å². The summed E-state index contributed by atoms with van der Waals surface area (Å²) in [6, 6.07) is 3.76. The van der Waals surface area contributed by atoms with Gasteiger partial charge in [-0.1, -0.05) is 31.7 Å². The van der Waals surface area contributed by atoms with Crippen LogP contribution in [0.25, 0.3) is 0 Å². The molecule has 1 aromatic rings. The van der Waals surface area contributed by atoms with Crippen LogP contribution in [0.5, 0.6) is 0 Å². The van der Waals surface area contributed by atoms with Gasteiger partial charge in [-0.15, -0.1) is 0 Å².